The number of imidazole rings is 1. The van der Waals surface area contributed by atoms with Crippen LogP contribution in [0.3, 0.4) is 0 Å². The lowest BCUT2D eigenvalue weighted by Crippen LogP contribution is -2.40. The van der Waals surface area contributed by atoms with Gasteiger partial charge in [-0.1, -0.05) is 23.7 Å². The smallest absolute Gasteiger partial charge is 0.332 e. The lowest BCUT2D eigenvalue weighted by molar-refractivity contribution is 0.204. The van der Waals surface area contributed by atoms with Gasteiger partial charge in [0.1, 0.15) is 0 Å². The number of hydrogen-bond donors (Lipinski definition) is 0. The molecule has 0 saturated carbocycles. The first-order chi connectivity index (χ1) is 14.3. The molecular formula is C20H23ClN6O3. The number of hydrogen-bond acceptors (Lipinski definition) is 6. The van der Waals surface area contributed by atoms with E-state index in [1.54, 1.807) is 43.4 Å². The first-order valence-electron chi connectivity index (χ1n) is 9.61. The number of methoxy groups -OCH3 is 1. The predicted octanol–water partition coefficient (Wildman–Crippen LogP) is 2.00. The third-order valence-electron chi connectivity index (χ3n) is 5.42. The van der Waals surface area contributed by atoms with E-state index < -0.39 is 5.69 Å². The van der Waals surface area contributed by atoms with Crippen LogP contribution in [0, 0.1) is 0 Å². The minimum Gasteiger partial charge on any atom is -0.383 e. The summed E-state index contributed by atoms with van der Waals surface area (Å²) in [6.45, 7) is 4.96. The highest BCUT2D eigenvalue weighted by Crippen LogP contribution is 2.29. The van der Waals surface area contributed by atoms with E-state index >= 15 is 0 Å². The topological polar surface area (TPSA) is 86.7 Å². The van der Waals surface area contributed by atoms with Gasteiger partial charge in [-0.05, 0) is 31.5 Å². The Morgan fingerprint density at radius 3 is 2.57 bits per heavy atom. The van der Waals surface area contributed by atoms with Crippen LogP contribution < -0.4 is 16.3 Å². The number of fused-ring (bicyclic) bond motifs is 3. The average Bonchev–Trinajstić information content (AvgIpc) is 3.14. The minimum atomic E-state index is -0.424. The van der Waals surface area contributed by atoms with Crippen molar-refractivity contribution in [2.45, 2.75) is 26.4 Å². The number of ether oxygens (including phenoxy) is 1. The van der Waals surface area contributed by atoms with E-state index in [2.05, 4.69) is 10.1 Å². The number of anilines is 1. The van der Waals surface area contributed by atoms with Crippen LogP contribution in [0.4, 0.5) is 5.95 Å². The average molecular weight is 431 g/mol. The van der Waals surface area contributed by atoms with Crippen LogP contribution in [0.1, 0.15) is 25.5 Å². The van der Waals surface area contributed by atoms with Gasteiger partial charge in [-0.2, -0.15) is 10.1 Å². The van der Waals surface area contributed by atoms with Crippen LogP contribution in [0.2, 0.25) is 5.02 Å². The van der Waals surface area contributed by atoms with E-state index in [-0.39, 0.29) is 18.1 Å². The van der Waals surface area contributed by atoms with Crippen molar-refractivity contribution in [1.29, 1.82) is 0 Å². The second kappa shape index (κ2) is 7.73. The Labute approximate surface area is 177 Å². The molecule has 4 rings (SSSR count). The molecule has 1 aromatic carbocycles. The third-order valence-corrected chi connectivity index (χ3v) is 5.67. The van der Waals surface area contributed by atoms with E-state index in [1.165, 1.54) is 9.13 Å². The van der Waals surface area contributed by atoms with E-state index in [0.29, 0.717) is 35.3 Å². The molecule has 0 bridgehead atoms. The van der Waals surface area contributed by atoms with E-state index in [4.69, 9.17) is 16.3 Å². The summed E-state index contributed by atoms with van der Waals surface area (Å²) in [5.74, 6) is 0.525. The first kappa shape index (κ1) is 20.4. The quantitative estimate of drug-likeness (QED) is 0.618. The van der Waals surface area contributed by atoms with E-state index in [0.717, 1.165) is 11.3 Å². The summed E-state index contributed by atoms with van der Waals surface area (Å²) >= 11 is 5.95. The zero-order chi connectivity index (χ0) is 21.6. The van der Waals surface area contributed by atoms with Crippen molar-refractivity contribution in [3.05, 3.63) is 55.7 Å². The van der Waals surface area contributed by atoms with Crippen molar-refractivity contribution in [2.24, 2.45) is 12.1 Å². The SMILES string of the molecule is COCCN1N=C(C)C(C)n2c1nc1c2c(=O)n(Cc2ccc(Cl)cc2)c(=O)n1C. The summed E-state index contributed by atoms with van der Waals surface area (Å²) in [7, 11) is 3.24. The largest absolute Gasteiger partial charge is 0.383 e. The van der Waals surface area contributed by atoms with Gasteiger partial charge in [-0.15, -0.1) is 0 Å². The third kappa shape index (κ3) is 3.23. The number of benzene rings is 1. The Balaban J connectivity index is 1.93. The summed E-state index contributed by atoms with van der Waals surface area (Å²) in [6.07, 6.45) is 0. The number of aryl methyl sites for hydroxylation is 1. The standard InChI is InChI=1S/C20H23ClN6O3/c1-12-13(2)27-16-17(22-19(27)26(23-12)9-10-30-4)24(3)20(29)25(18(16)28)11-14-5-7-15(21)8-6-14/h5-8,13H,9-11H2,1-4H3. The van der Waals surface area contributed by atoms with Crippen molar-refractivity contribution in [3.63, 3.8) is 0 Å². The van der Waals surface area contributed by atoms with Gasteiger partial charge in [0.15, 0.2) is 11.2 Å². The first-order valence-corrected chi connectivity index (χ1v) is 9.99. The summed E-state index contributed by atoms with van der Waals surface area (Å²) in [5, 5.41) is 6.91. The normalized spacial score (nSPS) is 16.1. The Hall–Kier alpha value is -2.91. The summed E-state index contributed by atoms with van der Waals surface area (Å²) in [6, 6.07) is 6.91. The number of rotatable bonds is 5. The van der Waals surface area contributed by atoms with Crippen molar-refractivity contribution in [2.75, 3.05) is 25.3 Å². The van der Waals surface area contributed by atoms with Crippen LogP contribution in [0.15, 0.2) is 39.0 Å². The van der Waals surface area contributed by atoms with Crippen molar-refractivity contribution in [3.8, 4) is 0 Å². The molecule has 0 radical (unpaired) electrons. The van der Waals surface area contributed by atoms with Crippen LogP contribution in [0.5, 0.6) is 0 Å². The number of halogens is 1. The van der Waals surface area contributed by atoms with Gasteiger partial charge in [0.05, 0.1) is 31.4 Å². The molecule has 30 heavy (non-hydrogen) atoms. The number of nitrogens with zero attached hydrogens (tertiary/aromatic N) is 6. The van der Waals surface area contributed by atoms with Crippen LogP contribution in [-0.2, 0) is 18.3 Å². The van der Waals surface area contributed by atoms with Gasteiger partial charge in [0.2, 0.25) is 5.95 Å². The molecule has 1 unspecified atom stereocenters. The highest BCUT2D eigenvalue weighted by molar-refractivity contribution is 6.30. The van der Waals surface area contributed by atoms with Crippen molar-refractivity contribution < 1.29 is 4.74 Å². The van der Waals surface area contributed by atoms with Gasteiger partial charge in [0, 0.05) is 19.2 Å². The van der Waals surface area contributed by atoms with Crippen LogP contribution >= 0.6 is 11.6 Å². The molecule has 10 heteroatoms. The lowest BCUT2D eigenvalue weighted by Gasteiger charge is -2.28. The molecule has 0 N–H and O–H groups in total. The summed E-state index contributed by atoms with van der Waals surface area (Å²) in [5.41, 5.74) is 1.57. The molecule has 0 amide bonds. The molecule has 9 nitrogen and oxygen atoms in total. The molecule has 0 saturated heterocycles. The molecule has 3 aromatic rings. The summed E-state index contributed by atoms with van der Waals surface area (Å²) in [4.78, 5) is 31.0. The van der Waals surface area contributed by atoms with Crippen LogP contribution in [0.25, 0.3) is 11.2 Å². The second-order valence-electron chi connectivity index (χ2n) is 7.35. The Bertz CT molecular complexity index is 1250. The lowest BCUT2D eigenvalue weighted by atomic mass is 10.2. The van der Waals surface area contributed by atoms with Gasteiger partial charge < -0.3 is 4.74 Å². The Morgan fingerprint density at radius 1 is 1.20 bits per heavy atom. The van der Waals surface area contributed by atoms with Crippen molar-refractivity contribution in [1.82, 2.24) is 18.7 Å². The fraction of sp³-hybridized carbons (Fsp3) is 0.400. The highest BCUT2D eigenvalue weighted by Gasteiger charge is 2.30. The molecule has 2 aromatic heterocycles. The maximum atomic E-state index is 13.5. The van der Waals surface area contributed by atoms with Gasteiger partial charge in [0.25, 0.3) is 5.56 Å². The highest BCUT2D eigenvalue weighted by atomic mass is 35.5. The maximum absolute atomic E-state index is 13.5. The Morgan fingerprint density at radius 2 is 1.90 bits per heavy atom. The molecule has 1 atom stereocenters. The van der Waals surface area contributed by atoms with Gasteiger partial charge in [-0.3, -0.25) is 18.5 Å². The minimum absolute atomic E-state index is 0.147. The molecule has 0 fully saturated rings. The molecule has 3 heterocycles. The molecular weight excluding hydrogens is 408 g/mol. The number of hydrazone groups is 1. The number of aromatic nitrogens is 4. The zero-order valence-corrected chi connectivity index (χ0v) is 18.0. The molecule has 1 aliphatic rings. The van der Waals surface area contributed by atoms with E-state index in [9.17, 15) is 9.59 Å². The second-order valence-corrected chi connectivity index (χ2v) is 7.78. The monoisotopic (exact) mass is 430 g/mol. The predicted molar refractivity (Wildman–Crippen MR) is 117 cm³/mol. The van der Waals surface area contributed by atoms with Crippen molar-refractivity contribution >= 4 is 34.4 Å². The van der Waals surface area contributed by atoms with Gasteiger partial charge in [-0.25, -0.2) is 9.80 Å². The molecule has 1 aliphatic heterocycles. The van der Waals surface area contributed by atoms with Gasteiger partial charge >= 0.3 is 5.69 Å². The fourth-order valence-corrected chi connectivity index (χ4v) is 3.75. The fourth-order valence-electron chi connectivity index (χ4n) is 3.62. The Kier molecular flexibility index (Phi) is 5.25. The molecule has 0 spiro atoms. The molecule has 158 valence electrons. The summed E-state index contributed by atoms with van der Waals surface area (Å²) < 4.78 is 9.67. The maximum Gasteiger partial charge on any atom is 0.332 e. The zero-order valence-electron chi connectivity index (χ0n) is 17.3. The van der Waals surface area contributed by atoms with E-state index in [1.807, 2.05) is 18.4 Å². The molecule has 0 aliphatic carbocycles. The van der Waals surface area contributed by atoms with Crippen LogP contribution in [-0.4, -0.2) is 44.7 Å².